The number of halogens is 5. The molecular weight excluding hydrogens is 423 g/mol. The molecule has 1 aliphatic rings. The fourth-order valence-corrected chi connectivity index (χ4v) is 2.58. The lowest BCUT2D eigenvalue weighted by molar-refractivity contribution is -0.194. The largest absolute Gasteiger partial charge is 0.462 e. The molecule has 0 aliphatic carbocycles. The van der Waals surface area contributed by atoms with Crippen LogP contribution in [0, 0.1) is 0 Å². The number of carbonyl (C=O) groups excluding carboxylic acids is 1. The van der Waals surface area contributed by atoms with Gasteiger partial charge in [-0.2, -0.15) is 13.2 Å². The van der Waals surface area contributed by atoms with Gasteiger partial charge < -0.3 is 9.47 Å². The Hall–Kier alpha value is -0.960. The highest BCUT2D eigenvalue weighted by Crippen LogP contribution is 2.50. The Balaban J connectivity index is 2.59. The van der Waals surface area contributed by atoms with Gasteiger partial charge in [0.15, 0.2) is 0 Å². The van der Waals surface area contributed by atoms with E-state index in [1.54, 1.807) is 0 Å². The van der Waals surface area contributed by atoms with Crippen molar-refractivity contribution in [3.05, 3.63) is 34.4 Å². The van der Waals surface area contributed by atoms with E-state index in [0.29, 0.717) is 10.6 Å². The Morgan fingerprint density at radius 1 is 1.48 bits per heavy atom. The molecular formula is C13H9ClF3IO3. The van der Waals surface area contributed by atoms with E-state index in [9.17, 15) is 18.0 Å². The monoisotopic (exact) mass is 432 g/mol. The molecule has 1 unspecified atom stereocenters. The zero-order valence-electron chi connectivity index (χ0n) is 10.6. The number of carbonyl (C=O) groups is 1. The normalized spacial score (nSPS) is 21.1. The third-order valence-corrected chi connectivity index (χ3v) is 4.38. The maximum absolute atomic E-state index is 13.3. The van der Waals surface area contributed by atoms with Crippen molar-refractivity contribution in [3.63, 3.8) is 0 Å². The van der Waals surface area contributed by atoms with Crippen molar-refractivity contribution in [1.82, 2.24) is 0 Å². The predicted molar refractivity (Wildman–Crippen MR) is 79.5 cm³/mol. The maximum atomic E-state index is 13.3. The summed E-state index contributed by atoms with van der Waals surface area (Å²) in [6.45, 7) is 1.47. The van der Waals surface area contributed by atoms with Crippen LogP contribution >= 0.6 is 34.2 Å². The first-order chi connectivity index (χ1) is 9.69. The van der Waals surface area contributed by atoms with Crippen LogP contribution in [0.15, 0.2) is 23.8 Å². The fraction of sp³-hybridized carbons (Fsp3) is 0.308. The third kappa shape index (κ3) is 2.98. The molecule has 3 nitrogen and oxygen atoms in total. The van der Waals surface area contributed by atoms with Crippen LogP contribution in [0.4, 0.5) is 13.2 Å². The number of ether oxygens (including phenoxy) is 2. The molecule has 114 valence electrons. The van der Waals surface area contributed by atoms with Gasteiger partial charge in [-0.05, 0) is 53.8 Å². The summed E-state index contributed by atoms with van der Waals surface area (Å²) in [5.41, 5.74) is -0.325. The maximum Gasteiger partial charge on any atom is 0.442 e. The first kappa shape index (κ1) is 16.4. The average Bonchev–Trinajstić information content (AvgIpc) is 2.37. The van der Waals surface area contributed by atoms with Gasteiger partial charge in [-0.3, -0.25) is 0 Å². The van der Waals surface area contributed by atoms with Gasteiger partial charge in [0.25, 0.3) is 3.61 Å². The molecule has 21 heavy (non-hydrogen) atoms. The highest BCUT2D eigenvalue weighted by Gasteiger charge is 2.62. The summed E-state index contributed by atoms with van der Waals surface area (Å²) in [4.78, 5) is 11.8. The van der Waals surface area contributed by atoms with Gasteiger partial charge in [-0.25, -0.2) is 4.79 Å². The minimum absolute atomic E-state index is 0.000765. The van der Waals surface area contributed by atoms with Crippen molar-refractivity contribution in [3.8, 4) is 5.75 Å². The van der Waals surface area contributed by atoms with Crippen LogP contribution < -0.4 is 4.74 Å². The van der Waals surface area contributed by atoms with E-state index in [1.165, 1.54) is 25.1 Å². The number of hydrogen-bond donors (Lipinski definition) is 0. The van der Waals surface area contributed by atoms with Crippen molar-refractivity contribution in [2.24, 2.45) is 0 Å². The Labute approximate surface area is 137 Å². The van der Waals surface area contributed by atoms with E-state index >= 15 is 0 Å². The molecule has 0 amide bonds. The van der Waals surface area contributed by atoms with Gasteiger partial charge in [0.05, 0.1) is 6.61 Å². The summed E-state index contributed by atoms with van der Waals surface area (Å²) in [6, 6.07) is 4.16. The summed E-state index contributed by atoms with van der Waals surface area (Å²) in [7, 11) is 0. The van der Waals surface area contributed by atoms with Crippen LogP contribution in [0.5, 0.6) is 5.75 Å². The lowest BCUT2D eigenvalue weighted by atomic mass is 10.0. The summed E-state index contributed by atoms with van der Waals surface area (Å²) >= 11 is 6.87. The van der Waals surface area contributed by atoms with E-state index in [2.05, 4.69) is 0 Å². The van der Waals surface area contributed by atoms with Gasteiger partial charge in [-0.1, -0.05) is 11.6 Å². The quantitative estimate of drug-likeness (QED) is 0.395. The SMILES string of the molecule is CCOC(=O)C1=Cc2cc(Cl)ccc2OC1(I)C(F)(F)F. The second-order valence-corrected chi connectivity index (χ2v) is 6.11. The van der Waals surface area contributed by atoms with E-state index < -0.39 is 21.3 Å². The second kappa shape index (κ2) is 5.68. The number of rotatable bonds is 2. The minimum atomic E-state index is -4.79. The average molecular weight is 433 g/mol. The van der Waals surface area contributed by atoms with Crippen molar-refractivity contribution in [2.45, 2.75) is 16.7 Å². The molecule has 1 aromatic carbocycles. The summed E-state index contributed by atoms with van der Waals surface area (Å²) in [5.74, 6) is -1.07. The molecule has 1 atom stereocenters. The Morgan fingerprint density at radius 2 is 2.14 bits per heavy atom. The number of hydrogen-bond acceptors (Lipinski definition) is 3. The summed E-state index contributed by atoms with van der Waals surface area (Å²) in [6.07, 6.45) is -3.69. The van der Waals surface area contributed by atoms with Crippen LogP contribution in [-0.2, 0) is 9.53 Å². The Kier molecular flexibility index (Phi) is 4.44. The standard InChI is InChI=1S/C13H9ClF3IO3/c1-2-20-11(19)9-6-7-5-8(14)3-4-10(7)21-12(9,18)13(15,16)17/h3-6H,2H2,1H3. The Morgan fingerprint density at radius 3 is 2.71 bits per heavy atom. The molecule has 0 saturated carbocycles. The molecule has 1 heterocycles. The van der Waals surface area contributed by atoms with Gasteiger partial charge >= 0.3 is 12.1 Å². The van der Waals surface area contributed by atoms with Crippen molar-refractivity contribution in [1.29, 1.82) is 0 Å². The van der Waals surface area contributed by atoms with Gasteiger partial charge in [0, 0.05) is 10.6 Å². The van der Waals surface area contributed by atoms with Crippen LogP contribution in [0.3, 0.4) is 0 Å². The summed E-state index contributed by atoms with van der Waals surface area (Å²) in [5, 5.41) is 0.324. The number of fused-ring (bicyclic) bond motifs is 1. The van der Waals surface area contributed by atoms with E-state index in [-0.39, 0.29) is 12.4 Å². The van der Waals surface area contributed by atoms with E-state index in [4.69, 9.17) is 21.1 Å². The third-order valence-electron chi connectivity index (χ3n) is 2.73. The molecule has 8 heteroatoms. The van der Waals surface area contributed by atoms with Crippen LogP contribution in [0.25, 0.3) is 6.08 Å². The topological polar surface area (TPSA) is 35.5 Å². The molecule has 0 saturated heterocycles. The molecule has 1 aromatic rings. The second-order valence-electron chi connectivity index (χ2n) is 4.16. The van der Waals surface area contributed by atoms with E-state index in [0.717, 1.165) is 28.7 Å². The van der Waals surface area contributed by atoms with Crippen molar-refractivity contribution < 1.29 is 27.4 Å². The first-order valence-corrected chi connectivity index (χ1v) is 7.28. The molecule has 0 N–H and O–H groups in total. The number of alkyl halides is 4. The number of benzene rings is 1. The fourth-order valence-electron chi connectivity index (χ4n) is 1.79. The van der Waals surface area contributed by atoms with Crippen molar-refractivity contribution >= 4 is 46.2 Å². The summed E-state index contributed by atoms with van der Waals surface area (Å²) < 4.78 is 47.0. The molecule has 0 aromatic heterocycles. The van der Waals surface area contributed by atoms with Gasteiger partial charge in [-0.15, -0.1) is 0 Å². The highest BCUT2D eigenvalue weighted by atomic mass is 127. The van der Waals surface area contributed by atoms with Crippen LogP contribution in [0.1, 0.15) is 12.5 Å². The zero-order valence-corrected chi connectivity index (χ0v) is 13.5. The molecule has 0 bridgehead atoms. The molecule has 2 rings (SSSR count). The first-order valence-electron chi connectivity index (χ1n) is 5.82. The van der Waals surface area contributed by atoms with Crippen molar-refractivity contribution in [2.75, 3.05) is 6.61 Å². The predicted octanol–water partition coefficient (Wildman–Crippen LogP) is 4.37. The van der Waals surface area contributed by atoms with Crippen LogP contribution in [-0.4, -0.2) is 22.4 Å². The zero-order chi connectivity index (χ0) is 15.8. The number of esters is 1. The minimum Gasteiger partial charge on any atom is -0.462 e. The molecule has 0 spiro atoms. The molecule has 1 aliphatic heterocycles. The smallest absolute Gasteiger partial charge is 0.442 e. The van der Waals surface area contributed by atoms with Gasteiger partial charge in [0.1, 0.15) is 11.3 Å². The molecule has 0 fully saturated rings. The Bertz CT molecular complexity index is 615. The van der Waals surface area contributed by atoms with Crippen LogP contribution in [0.2, 0.25) is 5.02 Å². The highest BCUT2D eigenvalue weighted by molar-refractivity contribution is 14.1. The lowest BCUT2D eigenvalue weighted by Crippen LogP contribution is -2.49. The molecule has 0 radical (unpaired) electrons. The van der Waals surface area contributed by atoms with E-state index in [1.807, 2.05) is 0 Å². The lowest BCUT2D eigenvalue weighted by Gasteiger charge is -2.35. The van der Waals surface area contributed by atoms with Gasteiger partial charge in [0.2, 0.25) is 0 Å².